The van der Waals surface area contributed by atoms with Crippen LogP contribution < -0.4 is 5.32 Å². The maximum absolute atomic E-state index is 12.2. The fourth-order valence-electron chi connectivity index (χ4n) is 1.94. The largest absolute Gasteiger partial charge is 0.467 e. The van der Waals surface area contributed by atoms with Gasteiger partial charge in [-0.2, -0.15) is 11.8 Å². The minimum absolute atomic E-state index is 0.225. The lowest BCUT2D eigenvalue weighted by molar-refractivity contribution is -0.148. The molecule has 1 aromatic carbocycles. The van der Waals surface area contributed by atoms with Crippen LogP contribution in [0.25, 0.3) is 0 Å². The van der Waals surface area contributed by atoms with Crippen molar-refractivity contribution in [2.75, 3.05) is 25.2 Å². The molecule has 0 aliphatic carbocycles. The zero-order chi connectivity index (χ0) is 13.4. The molecule has 1 atom stereocenters. The van der Waals surface area contributed by atoms with Gasteiger partial charge in [-0.15, -0.1) is 0 Å². The number of carbonyl (C=O) groups excluding carboxylic acids is 1. The van der Waals surface area contributed by atoms with Crippen LogP contribution in [0, 0.1) is 0 Å². The van der Waals surface area contributed by atoms with Crippen LogP contribution in [-0.2, 0) is 15.1 Å². The first-order chi connectivity index (χ1) is 8.71. The number of ether oxygens (including phenoxy) is 1. The van der Waals surface area contributed by atoms with E-state index in [-0.39, 0.29) is 5.97 Å². The van der Waals surface area contributed by atoms with Crippen molar-refractivity contribution in [3.63, 3.8) is 0 Å². The van der Waals surface area contributed by atoms with Gasteiger partial charge in [0.15, 0.2) is 5.54 Å². The van der Waals surface area contributed by atoms with Crippen LogP contribution in [0.15, 0.2) is 30.3 Å². The van der Waals surface area contributed by atoms with E-state index in [4.69, 9.17) is 4.74 Å². The number of carbonyl (C=O) groups is 1. The van der Waals surface area contributed by atoms with Gasteiger partial charge in [0.25, 0.3) is 0 Å². The van der Waals surface area contributed by atoms with Crippen LogP contribution in [0.5, 0.6) is 0 Å². The molecule has 0 aromatic heterocycles. The fraction of sp³-hybridized carbons (Fsp3) is 0.500. The van der Waals surface area contributed by atoms with E-state index < -0.39 is 5.54 Å². The summed E-state index contributed by atoms with van der Waals surface area (Å²) in [5.41, 5.74) is 0.213. The number of benzene rings is 1. The van der Waals surface area contributed by atoms with E-state index in [1.807, 2.05) is 37.3 Å². The van der Waals surface area contributed by atoms with Gasteiger partial charge >= 0.3 is 5.97 Å². The van der Waals surface area contributed by atoms with Crippen molar-refractivity contribution < 1.29 is 9.53 Å². The summed E-state index contributed by atoms with van der Waals surface area (Å²) in [5.74, 6) is 1.42. The molecule has 3 nitrogen and oxygen atoms in total. The molecule has 0 fully saturated rings. The molecule has 1 aromatic rings. The average Bonchev–Trinajstić information content (AvgIpc) is 2.43. The second-order valence-electron chi connectivity index (χ2n) is 3.93. The van der Waals surface area contributed by atoms with Gasteiger partial charge in [-0.1, -0.05) is 44.2 Å². The highest BCUT2D eigenvalue weighted by atomic mass is 32.2. The number of nitrogens with one attached hydrogen (secondary N) is 1. The van der Waals surface area contributed by atoms with Crippen molar-refractivity contribution in [3.8, 4) is 0 Å². The summed E-state index contributed by atoms with van der Waals surface area (Å²) in [6.07, 6.45) is 0. The number of thioether (sulfide) groups is 1. The molecule has 1 rings (SSSR count). The van der Waals surface area contributed by atoms with E-state index in [1.54, 1.807) is 11.8 Å². The Labute approximate surface area is 113 Å². The molecule has 1 N–H and O–H groups in total. The molecule has 0 amide bonds. The maximum atomic E-state index is 12.2. The topological polar surface area (TPSA) is 38.3 Å². The second-order valence-corrected chi connectivity index (χ2v) is 5.20. The van der Waals surface area contributed by atoms with Crippen molar-refractivity contribution in [1.29, 1.82) is 0 Å². The zero-order valence-electron chi connectivity index (χ0n) is 11.2. The Morgan fingerprint density at radius 1 is 1.33 bits per heavy atom. The molecule has 0 radical (unpaired) electrons. The van der Waals surface area contributed by atoms with Crippen LogP contribution in [0.4, 0.5) is 0 Å². The van der Waals surface area contributed by atoms with Gasteiger partial charge < -0.3 is 4.74 Å². The van der Waals surface area contributed by atoms with E-state index in [2.05, 4.69) is 12.2 Å². The van der Waals surface area contributed by atoms with Crippen LogP contribution in [0.1, 0.15) is 19.4 Å². The minimum Gasteiger partial charge on any atom is -0.467 e. The predicted octanol–water partition coefficient (Wildman–Crippen LogP) is 2.42. The van der Waals surface area contributed by atoms with Crippen LogP contribution in [0.3, 0.4) is 0 Å². The molecule has 0 heterocycles. The summed E-state index contributed by atoms with van der Waals surface area (Å²) >= 11 is 1.73. The Morgan fingerprint density at radius 2 is 2.00 bits per heavy atom. The molecule has 0 aliphatic heterocycles. The number of rotatable bonds is 7. The number of hydrogen-bond donors (Lipinski definition) is 1. The summed E-state index contributed by atoms with van der Waals surface area (Å²) in [7, 11) is 1.44. The van der Waals surface area contributed by atoms with Crippen LogP contribution >= 0.6 is 11.8 Å². The summed E-state index contributed by atoms with van der Waals surface area (Å²) in [6.45, 7) is 4.80. The molecule has 0 aliphatic rings. The molecule has 0 bridgehead atoms. The van der Waals surface area contributed by atoms with Gasteiger partial charge in [-0.25, -0.2) is 4.79 Å². The Balaban J connectivity index is 3.15. The van der Waals surface area contributed by atoms with Crippen molar-refractivity contribution >= 4 is 17.7 Å². The lowest BCUT2D eigenvalue weighted by Gasteiger charge is -2.32. The van der Waals surface area contributed by atoms with Gasteiger partial charge in [0.1, 0.15) is 0 Å². The highest BCUT2D eigenvalue weighted by Crippen LogP contribution is 2.27. The molecule has 1 unspecified atom stereocenters. The van der Waals surface area contributed by atoms with Crippen molar-refractivity contribution in [2.45, 2.75) is 19.4 Å². The smallest absolute Gasteiger partial charge is 0.331 e. The van der Waals surface area contributed by atoms with Crippen molar-refractivity contribution in [1.82, 2.24) is 5.32 Å². The van der Waals surface area contributed by atoms with E-state index >= 15 is 0 Å². The van der Waals surface area contributed by atoms with E-state index in [0.717, 1.165) is 11.3 Å². The highest BCUT2D eigenvalue weighted by Gasteiger charge is 2.40. The third-order valence-corrected chi connectivity index (χ3v) is 3.85. The lowest BCUT2D eigenvalue weighted by atomic mass is 9.91. The summed E-state index contributed by atoms with van der Waals surface area (Å²) in [6, 6.07) is 9.78. The van der Waals surface area contributed by atoms with E-state index in [1.165, 1.54) is 7.11 Å². The van der Waals surface area contributed by atoms with Gasteiger partial charge in [-0.3, -0.25) is 5.32 Å². The van der Waals surface area contributed by atoms with Crippen molar-refractivity contribution in [3.05, 3.63) is 35.9 Å². The van der Waals surface area contributed by atoms with Gasteiger partial charge in [0, 0.05) is 5.75 Å². The monoisotopic (exact) mass is 267 g/mol. The zero-order valence-corrected chi connectivity index (χ0v) is 12.0. The third-order valence-electron chi connectivity index (χ3n) is 2.80. The summed E-state index contributed by atoms with van der Waals surface area (Å²) in [4.78, 5) is 12.2. The Kier molecular flexibility index (Phi) is 6.22. The first kappa shape index (κ1) is 15.1. The summed E-state index contributed by atoms with van der Waals surface area (Å²) in [5, 5.41) is 3.30. The third kappa shape index (κ3) is 3.27. The number of likely N-dealkylation sites (N-methyl/N-ethyl adjacent to an activating group) is 1. The standard InChI is InChI=1S/C14H21NO2S/c1-4-15-14(11-18-5-2,13(16)17-3)12-9-7-6-8-10-12/h6-10,15H,4-5,11H2,1-3H3. The average molecular weight is 267 g/mol. The Bertz CT molecular complexity index is 369. The van der Waals surface area contributed by atoms with Gasteiger partial charge in [-0.05, 0) is 17.9 Å². The molecular formula is C14H21NO2S. The fourth-order valence-corrected chi connectivity index (χ4v) is 2.84. The Hall–Kier alpha value is -1.00. The Morgan fingerprint density at radius 3 is 2.50 bits per heavy atom. The van der Waals surface area contributed by atoms with Crippen LogP contribution in [0.2, 0.25) is 0 Å². The lowest BCUT2D eigenvalue weighted by Crippen LogP contribution is -2.52. The predicted molar refractivity (Wildman–Crippen MR) is 76.8 cm³/mol. The molecule has 0 spiro atoms. The maximum Gasteiger partial charge on any atom is 0.331 e. The highest BCUT2D eigenvalue weighted by molar-refractivity contribution is 7.99. The van der Waals surface area contributed by atoms with Gasteiger partial charge in [0.05, 0.1) is 7.11 Å². The quantitative estimate of drug-likeness (QED) is 0.770. The number of esters is 1. The first-order valence-electron chi connectivity index (χ1n) is 6.18. The molecule has 0 saturated carbocycles. The van der Waals surface area contributed by atoms with Gasteiger partial charge in [0.2, 0.25) is 0 Å². The normalized spacial score (nSPS) is 13.9. The second kappa shape index (κ2) is 7.44. The van der Waals surface area contributed by atoms with E-state index in [0.29, 0.717) is 12.3 Å². The summed E-state index contributed by atoms with van der Waals surface area (Å²) < 4.78 is 5.00. The molecule has 4 heteroatoms. The molecule has 18 heavy (non-hydrogen) atoms. The number of methoxy groups -OCH3 is 1. The molecular weight excluding hydrogens is 246 g/mol. The van der Waals surface area contributed by atoms with Crippen LogP contribution in [-0.4, -0.2) is 31.1 Å². The first-order valence-corrected chi connectivity index (χ1v) is 7.33. The minimum atomic E-state index is -0.745. The van der Waals surface area contributed by atoms with E-state index in [9.17, 15) is 4.79 Å². The van der Waals surface area contributed by atoms with Crippen molar-refractivity contribution in [2.24, 2.45) is 0 Å². The molecule has 0 saturated heterocycles. The number of hydrogen-bond acceptors (Lipinski definition) is 4. The molecule has 100 valence electrons. The SMILES string of the molecule is CCNC(CSCC)(C(=O)OC)c1ccccc1.